The fourth-order valence-electron chi connectivity index (χ4n) is 1.97. The van der Waals surface area contributed by atoms with Crippen LogP contribution in [0.3, 0.4) is 0 Å². The number of hydrogen-bond donors (Lipinski definition) is 1. The predicted octanol–water partition coefficient (Wildman–Crippen LogP) is 3.00. The van der Waals surface area contributed by atoms with Crippen molar-refractivity contribution in [3.05, 3.63) is 59.7 Å². The molecule has 3 nitrogen and oxygen atoms in total. The molecule has 1 unspecified atom stereocenters. The molecule has 0 aliphatic carbocycles. The first kappa shape index (κ1) is 13.5. The second-order valence-corrected chi connectivity index (χ2v) is 4.70. The number of pyridine rings is 1. The number of nitrogen functional groups attached to an aromatic ring is 1. The van der Waals surface area contributed by atoms with Crippen molar-refractivity contribution in [2.45, 2.75) is 19.5 Å². The Hall–Kier alpha value is -1.94. The Labute approximate surface area is 112 Å². The predicted molar refractivity (Wildman–Crippen MR) is 74.9 cm³/mol. The molecule has 0 aliphatic heterocycles. The van der Waals surface area contributed by atoms with Gasteiger partial charge in [0.25, 0.3) is 0 Å². The number of aromatic nitrogens is 1. The molecule has 1 heterocycles. The molecule has 2 rings (SSSR count). The molecule has 0 fully saturated rings. The average molecular weight is 259 g/mol. The molecule has 2 N–H and O–H groups in total. The Morgan fingerprint density at radius 2 is 2.00 bits per heavy atom. The monoisotopic (exact) mass is 259 g/mol. The first-order valence-corrected chi connectivity index (χ1v) is 6.23. The first-order valence-electron chi connectivity index (χ1n) is 6.23. The van der Waals surface area contributed by atoms with Crippen molar-refractivity contribution in [1.29, 1.82) is 0 Å². The highest BCUT2D eigenvalue weighted by Gasteiger charge is 2.15. The van der Waals surface area contributed by atoms with E-state index >= 15 is 0 Å². The van der Waals surface area contributed by atoms with Crippen molar-refractivity contribution >= 4 is 5.69 Å². The van der Waals surface area contributed by atoms with Gasteiger partial charge in [-0.15, -0.1) is 0 Å². The van der Waals surface area contributed by atoms with E-state index < -0.39 is 0 Å². The summed E-state index contributed by atoms with van der Waals surface area (Å²) in [5.74, 6) is -0.174. The van der Waals surface area contributed by atoms with Crippen LogP contribution < -0.4 is 5.73 Å². The minimum atomic E-state index is -0.174. The van der Waals surface area contributed by atoms with Crippen molar-refractivity contribution in [3.8, 4) is 0 Å². The molecule has 0 spiro atoms. The summed E-state index contributed by atoms with van der Waals surface area (Å²) in [6.45, 7) is 2.63. The Bertz CT molecular complexity index is 539. The van der Waals surface area contributed by atoms with Crippen molar-refractivity contribution in [2.24, 2.45) is 0 Å². The fraction of sp³-hybridized carbons (Fsp3) is 0.267. The average Bonchev–Trinajstić information content (AvgIpc) is 2.41. The smallest absolute Gasteiger partial charge is 0.127 e. The molecule has 1 aromatic heterocycles. The lowest BCUT2D eigenvalue weighted by Gasteiger charge is -2.25. The number of nitrogens with two attached hydrogens (primary N) is 1. The van der Waals surface area contributed by atoms with E-state index in [1.807, 2.05) is 38.2 Å². The minimum absolute atomic E-state index is 0.0134. The highest BCUT2D eigenvalue weighted by atomic mass is 19.1. The summed E-state index contributed by atoms with van der Waals surface area (Å²) in [4.78, 5) is 6.31. The molecule has 2 aromatic rings. The Morgan fingerprint density at radius 1 is 1.26 bits per heavy atom. The number of halogens is 1. The van der Waals surface area contributed by atoms with Gasteiger partial charge in [-0.25, -0.2) is 4.39 Å². The molecule has 0 saturated heterocycles. The molecule has 0 aliphatic rings. The number of nitrogens with zero attached hydrogens (tertiary/aromatic N) is 2. The van der Waals surface area contributed by atoms with E-state index in [-0.39, 0.29) is 11.9 Å². The highest BCUT2D eigenvalue weighted by molar-refractivity contribution is 5.34. The van der Waals surface area contributed by atoms with Gasteiger partial charge >= 0.3 is 0 Å². The lowest BCUT2D eigenvalue weighted by atomic mass is 10.1. The van der Waals surface area contributed by atoms with Crippen LogP contribution in [0.15, 0.2) is 42.6 Å². The quantitative estimate of drug-likeness (QED) is 0.917. The summed E-state index contributed by atoms with van der Waals surface area (Å²) < 4.78 is 13.7. The number of benzene rings is 1. The van der Waals surface area contributed by atoms with Crippen LogP contribution in [-0.4, -0.2) is 16.9 Å². The van der Waals surface area contributed by atoms with Crippen LogP contribution in [0.1, 0.15) is 24.2 Å². The molecule has 0 saturated carbocycles. The van der Waals surface area contributed by atoms with Crippen LogP contribution in [0.2, 0.25) is 0 Å². The van der Waals surface area contributed by atoms with E-state index in [1.165, 1.54) is 6.07 Å². The van der Waals surface area contributed by atoms with Crippen molar-refractivity contribution in [2.75, 3.05) is 12.8 Å². The molecule has 0 amide bonds. The van der Waals surface area contributed by atoms with E-state index in [4.69, 9.17) is 5.73 Å². The third-order valence-corrected chi connectivity index (χ3v) is 3.28. The maximum atomic E-state index is 13.7. The molecule has 100 valence electrons. The summed E-state index contributed by atoms with van der Waals surface area (Å²) >= 11 is 0. The molecule has 4 heteroatoms. The maximum absolute atomic E-state index is 13.7. The summed E-state index contributed by atoms with van der Waals surface area (Å²) in [5.41, 5.74) is 7.86. The third kappa shape index (κ3) is 3.29. The van der Waals surface area contributed by atoms with Gasteiger partial charge in [-0.05, 0) is 32.2 Å². The van der Waals surface area contributed by atoms with Gasteiger partial charge in [0.1, 0.15) is 5.82 Å². The second-order valence-electron chi connectivity index (χ2n) is 4.70. The second kappa shape index (κ2) is 5.80. The molecule has 1 atom stereocenters. The summed E-state index contributed by atoms with van der Waals surface area (Å²) in [6.07, 6.45) is 1.64. The van der Waals surface area contributed by atoms with Gasteiger partial charge in [0.05, 0.1) is 17.6 Å². The molecule has 19 heavy (non-hydrogen) atoms. The standard InChI is InChI=1S/C15H18FN3/c1-11(14-5-3-4-6-15(14)16)19(2)10-13-8-7-12(17)9-18-13/h3-9,11H,10,17H2,1-2H3. The van der Waals surface area contributed by atoms with Gasteiger partial charge in [0.15, 0.2) is 0 Å². The molecule has 0 bridgehead atoms. The first-order chi connectivity index (χ1) is 9.08. The summed E-state index contributed by atoms with van der Waals surface area (Å²) in [6, 6.07) is 10.6. The van der Waals surface area contributed by atoms with Crippen LogP contribution in [0, 0.1) is 5.82 Å². The van der Waals surface area contributed by atoms with Gasteiger partial charge in [0.2, 0.25) is 0 Å². The molecular weight excluding hydrogens is 241 g/mol. The van der Waals surface area contributed by atoms with Gasteiger partial charge < -0.3 is 5.73 Å². The number of hydrogen-bond acceptors (Lipinski definition) is 3. The zero-order chi connectivity index (χ0) is 13.8. The highest BCUT2D eigenvalue weighted by Crippen LogP contribution is 2.22. The van der Waals surface area contributed by atoms with Crippen LogP contribution in [0.25, 0.3) is 0 Å². The Kier molecular flexibility index (Phi) is 4.12. The lowest BCUT2D eigenvalue weighted by molar-refractivity contribution is 0.245. The van der Waals surface area contributed by atoms with Gasteiger partial charge in [0, 0.05) is 18.2 Å². The largest absolute Gasteiger partial charge is 0.397 e. The van der Waals surface area contributed by atoms with Gasteiger partial charge in [-0.2, -0.15) is 0 Å². The zero-order valence-corrected chi connectivity index (χ0v) is 11.2. The van der Waals surface area contributed by atoms with Crippen LogP contribution in [0.4, 0.5) is 10.1 Å². The maximum Gasteiger partial charge on any atom is 0.127 e. The Morgan fingerprint density at radius 3 is 2.63 bits per heavy atom. The van der Waals surface area contributed by atoms with E-state index in [0.717, 1.165) is 5.69 Å². The number of rotatable bonds is 4. The van der Waals surface area contributed by atoms with E-state index in [0.29, 0.717) is 17.8 Å². The topological polar surface area (TPSA) is 42.1 Å². The molecular formula is C15H18FN3. The molecule has 0 radical (unpaired) electrons. The normalized spacial score (nSPS) is 12.6. The van der Waals surface area contributed by atoms with Crippen LogP contribution >= 0.6 is 0 Å². The van der Waals surface area contributed by atoms with Gasteiger partial charge in [-0.1, -0.05) is 18.2 Å². The zero-order valence-electron chi connectivity index (χ0n) is 11.2. The molecule has 1 aromatic carbocycles. The van der Waals surface area contributed by atoms with Crippen molar-refractivity contribution < 1.29 is 4.39 Å². The minimum Gasteiger partial charge on any atom is -0.397 e. The summed E-state index contributed by atoms with van der Waals surface area (Å²) in [7, 11) is 1.95. The van der Waals surface area contributed by atoms with Crippen LogP contribution in [-0.2, 0) is 6.54 Å². The van der Waals surface area contributed by atoms with Gasteiger partial charge in [-0.3, -0.25) is 9.88 Å². The number of anilines is 1. The van der Waals surface area contributed by atoms with E-state index in [9.17, 15) is 4.39 Å². The van der Waals surface area contributed by atoms with E-state index in [2.05, 4.69) is 9.88 Å². The summed E-state index contributed by atoms with van der Waals surface area (Å²) in [5, 5.41) is 0. The van der Waals surface area contributed by atoms with Crippen molar-refractivity contribution in [3.63, 3.8) is 0 Å². The third-order valence-electron chi connectivity index (χ3n) is 3.28. The SMILES string of the molecule is CC(c1ccccc1F)N(C)Cc1ccc(N)cn1. The Balaban J connectivity index is 2.09. The fourth-order valence-corrected chi connectivity index (χ4v) is 1.97. The van der Waals surface area contributed by atoms with Crippen molar-refractivity contribution in [1.82, 2.24) is 9.88 Å². The van der Waals surface area contributed by atoms with E-state index in [1.54, 1.807) is 12.3 Å². The lowest BCUT2D eigenvalue weighted by Crippen LogP contribution is -2.23. The van der Waals surface area contributed by atoms with Crippen LogP contribution in [0.5, 0.6) is 0 Å².